The molecule has 0 aliphatic rings. The van der Waals surface area contributed by atoms with Crippen molar-refractivity contribution >= 4 is 87.0 Å². The second kappa shape index (κ2) is 8.49. The molecule has 2 heterocycles. The van der Waals surface area contributed by atoms with Crippen molar-refractivity contribution in [2.75, 3.05) is 0 Å². The summed E-state index contributed by atoms with van der Waals surface area (Å²) in [4.78, 5) is 0. The van der Waals surface area contributed by atoms with Crippen LogP contribution in [0.2, 0.25) is 0 Å². The smallest absolute Gasteiger partial charge is 0.138 e. The standard InChI is InChI=1S/C42H26O2/c1-23-17-29-9-5-6-10-32(29)40-39-33-15-13-27(18-30(33)14-16-37(39)43-41(23)40)28-11-12-31-21-36-35-20-25-7-3-4-8-26(25)22-38(35)44-42(36)24(2)34(31)19-28/h3-22H,1-2H3. The summed E-state index contributed by atoms with van der Waals surface area (Å²) in [5, 5.41) is 14.5. The average Bonchev–Trinajstić information content (AvgIpc) is 3.63. The van der Waals surface area contributed by atoms with E-state index >= 15 is 0 Å². The van der Waals surface area contributed by atoms with Crippen molar-refractivity contribution in [2.45, 2.75) is 13.8 Å². The van der Waals surface area contributed by atoms with E-state index < -0.39 is 0 Å². The summed E-state index contributed by atoms with van der Waals surface area (Å²) in [7, 11) is 0. The van der Waals surface area contributed by atoms with Crippen molar-refractivity contribution in [1.29, 1.82) is 0 Å². The van der Waals surface area contributed by atoms with E-state index in [0.29, 0.717) is 0 Å². The van der Waals surface area contributed by atoms with Gasteiger partial charge in [-0.1, -0.05) is 78.9 Å². The lowest BCUT2D eigenvalue weighted by molar-refractivity contribution is 0.666. The lowest BCUT2D eigenvalue weighted by Crippen LogP contribution is -1.84. The van der Waals surface area contributed by atoms with Crippen LogP contribution in [0.3, 0.4) is 0 Å². The molecule has 0 saturated carbocycles. The molecule has 0 radical (unpaired) electrons. The molecule has 0 bridgehead atoms. The minimum atomic E-state index is 0.934. The second-order valence-corrected chi connectivity index (χ2v) is 12.2. The summed E-state index contributed by atoms with van der Waals surface area (Å²) in [5.74, 6) is 0. The quantitative estimate of drug-likeness (QED) is 0.199. The largest absolute Gasteiger partial charge is 0.456 e. The van der Waals surface area contributed by atoms with Crippen LogP contribution in [0, 0.1) is 13.8 Å². The Kier molecular flexibility index (Phi) is 4.61. The van der Waals surface area contributed by atoms with Crippen molar-refractivity contribution < 1.29 is 8.83 Å². The molecule has 44 heavy (non-hydrogen) atoms. The minimum Gasteiger partial charge on any atom is -0.456 e. The van der Waals surface area contributed by atoms with Gasteiger partial charge in [-0.3, -0.25) is 0 Å². The fourth-order valence-corrected chi connectivity index (χ4v) is 7.48. The van der Waals surface area contributed by atoms with Gasteiger partial charge in [0.1, 0.15) is 22.3 Å². The number of aryl methyl sites for hydroxylation is 2. The molecule has 0 fully saturated rings. The van der Waals surface area contributed by atoms with Gasteiger partial charge in [-0.05, 0) is 116 Å². The molecule has 0 aliphatic carbocycles. The van der Waals surface area contributed by atoms with E-state index in [9.17, 15) is 0 Å². The molecule has 2 heteroatoms. The summed E-state index contributed by atoms with van der Waals surface area (Å²) in [6.07, 6.45) is 0. The summed E-state index contributed by atoms with van der Waals surface area (Å²) in [6, 6.07) is 44.0. The maximum atomic E-state index is 6.50. The van der Waals surface area contributed by atoms with Crippen molar-refractivity contribution in [2.24, 2.45) is 0 Å². The number of hydrogen-bond donors (Lipinski definition) is 0. The summed E-state index contributed by atoms with van der Waals surface area (Å²) < 4.78 is 12.9. The second-order valence-electron chi connectivity index (χ2n) is 12.2. The highest BCUT2D eigenvalue weighted by atomic mass is 16.3. The van der Waals surface area contributed by atoms with Gasteiger partial charge in [0.15, 0.2) is 0 Å². The molecule has 0 amide bonds. The first-order chi connectivity index (χ1) is 21.6. The van der Waals surface area contributed by atoms with Crippen LogP contribution in [0.4, 0.5) is 0 Å². The Morgan fingerprint density at radius 2 is 1.02 bits per heavy atom. The molecule has 0 aliphatic heterocycles. The van der Waals surface area contributed by atoms with Crippen LogP contribution in [0.25, 0.3) is 98.1 Å². The summed E-state index contributed by atoms with van der Waals surface area (Å²) in [6.45, 7) is 4.32. The van der Waals surface area contributed by atoms with Crippen LogP contribution in [-0.4, -0.2) is 0 Å². The zero-order valence-electron chi connectivity index (χ0n) is 24.4. The van der Waals surface area contributed by atoms with E-state index in [4.69, 9.17) is 8.83 Å². The zero-order chi connectivity index (χ0) is 29.1. The fourth-order valence-electron chi connectivity index (χ4n) is 7.48. The highest BCUT2D eigenvalue weighted by molar-refractivity contribution is 6.27. The van der Waals surface area contributed by atoms with Gasteiger partial charge in [0.05, 0.1) is 0 Å². The van der Waals surface area contributed by atoms with Gasteiger partial charge in [0.25, 0.3) is 0 Å². The number of hydrogen-bond acceptors (Lipinski definition) is 2. The molecule has 0 atom stereocenters. The molecule has 2 aromatic heterocycles. The third-order valence-corrected chi connectivity index (χ3v) is 9.66. The summed E-state index contributed by atoms with van der Waals surface area (Å²) in [5.41, 5.74) is 8.55. The van der Waals surface area contributed by atoms with E-state index in [1.165, 1.54) is 81.3 Å². The van der Waals surface area contributed by atoms with Crippen LogP contribution in [0.5, 0.6) is 0 Å². The van der Waals surface area contributed by atoms with Gasteiger partial charge in [0.2, 0.25) is 0 Å². The molecule has 206 valence electrons. The third kappa shape index (κ3) is 3.20. The number of rotatable bonds is 1. The molecule has 10 rings (SSSR count). The van der Waals surface area contributed by atoms with Gasteiger partial charge >= 0.3 is 0 Å². The maximum absolute atomic E-state index is 6.50. The van der Waals surface area contributed by atoms with Crippen molar-refractivity contribution in [3.05, 3.63) is 132 Å². The number of fused-ring (bicyclic) bond motifs is 12. The highest BCUT2D eigenvalue weighted by Crippen LogP contribution is 2.42. The van der Waals surface area contributed by atoms with Gasteiger partial charge in [0, 0.05) is 27.1 Å². The first-order valence-corrected chi connectivity index (χ1v) is 15.2. The predicted octanol–water partition coefficient (Wildman–Crippen LogP) is 12.4. The molecular weight excluding hydrogens is 536 g/mol. The Bertz CT molecular complexity index is 2840. The topological polar surface area (TPSA) is 26.3 Å². The van der Waals surface area contributed by atoms with Gasteiger partial charge in [-0.25, -0.2) is 0 Å². The molecule has 0 N–H and O–H groups in total. The Labute approximate surface area is 252 Å². The van der Waals surface area contributed by atoms with Crippen LogP contribution in [-0.2, 0) is 0 Å². The summed E-state index contributed by atoms with van der Waals surface area (Å²) >= 11 is 0. The van der Waals surface area contributed by atoms with Gasteiger partial charge in [-0.2, -0.15) is 0 Å². The van der Waals surface area contributed by atoms with Gasteiger partial charge in [-0.15, -0.1) is 0 Å². The number of benzene rings is 8. The highest BCUT2D eigenvalue weighted by Gasteiger charge is 2.17. The van der Waals surface area contributed by atoms with Crippen molar-refractivity contribution in [3.63, 3.8) is 0 Å². The monoisotopic (exact) mass is 562 g/mol. The zero-order valence-corrected chi connectivity index (χ0v) is 24.4. The van der Waals surface area contributed by atoms with E-state index in [2.05, 4.69) is 135 Å². The molecule has 0 saturated heterocycles. The first-order valence-electron chi connectivity index (χ1n) is 15.2. The Balaban J connectivity index is 1.17. The lowest BCUT2D eigenvalue weighted by Gasteiger charge is -2.09. The van der Waals surface area contributed by atoms with Crippen molar-refractivity contribution in [3.8, 4) is 11.1 Å². The fraction of sp³-hybridized carbons (Fsp3) is 0.0476. The van der Waals surface area contributed by atoms with Crippen LogP contribution in [0.1, 0.15) is 11.1 Å². The van der Waals surface area contributed by atoms with E-state index in [0.717, 1.165) is 27.9 Å². The molecule has 0 unspecified atom stereocenters. The normalized spacial score (nSPS) is 12.3. The average molecular weight is 563 g/mol. The molecular formula is C42H26O2. The Hall–Kier alpha value is -5.60. The van der Waals surface area contributed by atoms with E-state index in [1.54, 1.807) is 0 Å². The van der Waals surface area contributed by atoms with E-state index in [1.807, 2.05) is 0 Å². The van der Waals surface area contributed by atoms with Crippen LogP contribution >= 0.6 is 0 Å². The predicted molar refractivity (Wildman–Crippen MR) is 186 cm³/mol. The Morgan fingerprint density at radius 1 is 0.386 bits per heavy atom. The molecule has 2 nitrogen and oxygen atoms in total. The van der Waals surface area contributed by atoms with Gasteiger partial charge < -0.3 is 8.83 Å². The Morgan fingerprint density at radius 3 is 1.91 bits per heavy atom. The molecule has 0 spiro atoms. The van der Waals surface area contributed by atoms with Crippen LogP contribution in [0.15, 0.2) is 130 Å². The minimum absolute atomic E-state index is 0.934. The molecule has 8 aromatic carbocycles. The number of furan rings is 2. The SMILES string of the molecule is Cc1c2cc(-c3ccc4c(ccc5oc6c(C)cc7ccccc7c6c54)c3)ccc2cc2c1oc1cc3ccccc3cc12. The molecule has 10 aromatic rings. The van der Waals surface area contributed by atoms with Crippen molar-refractivity contribution in [1.82, 2.24) is 0 Å². The lowest BCUT2D eigenvalue weighted by atomic mass is 9.94. The maximum Gasteiger partial charge on any atom is 0.138 e. The first kappa shape index (κ1) is 23.9. The van der Waals surface area contributed by atoms with Crippen LogP contribution < -0.4 is 0 Å². The van der Waals surface area contributed by atoms with E-state index in [-0.39, 0.29) is 0 Å². The third-order valence-electron chi connectivity index (χ3n) is 9.66.